The van der Waals surface area contributed by atoms with Crippen molar-refractivity contribution in [3.63, 3.8) is 0 Å². The molecule has 2 aromatic carbocycles. The van der Waals surface area contributed by atoms with Gasteiger partial charge in [0.05, 0.1) is 12.3 Å². The number of nitrogens with two attached hydrogens (primary N) is 1. The summed E-state index contributed by atoms with van der Waals surface area (Å²) in [6, 6.07) is 10.7. The fraction of sp³-hybridized carbons (Fsp3) is 0.125. The molecule has 3 aromatic rings. The maximum atomic E-state index is 13.8. The van der Waals surface area contributed by atoms with Crippen LogP contribution < -0.4 is 11.3 Å². The average molecular weight is 288 g/mol. The third-order valence-electron chi connectivity index (χ3n) is 3.53. The van der Waals surface area contributed by atoms with Crippen molar-refractivity contribution in [3.8, 4) is 0 Å². The molecular weight excluding hydrogens is 274 g/mol. The van der Waals surface area contributed by atoms with Crippen LogP contribution >= 0.6 is 0 Å². The Hall–Kier alpha value is -2.24. The molecule has 0 amide bonds. The van der Waals surface area contributed by atoms with E-state index in [1.54, 1.807) is 6.26 Å². The first-order valence-electron chi connectivity index (χ1n) is 6.55. The molecule has 21 heavy (non-hydrogen) atoms. The van der Waals surface area contributed by atoms with Gasteiger partial charge in [-0.2, -0.15) is 0 Å². The number of rotatable bonds is 4. The lowest BCUT2D eigenvalue weighted by atomic mass is 9.98. The van der Waals surface area contributed by atoms with E-state index in [0.29, 0.717) is 12.0 Å². The lowest BCUT2D eigenvalue weighted by Gasteiger charge is -2.15. The van der Waals surface area contributed by atoms with Crippen LogP contribution in [-0.2, 0) is 6.42 Å². The zero-order valence-electron chi connectivity index (χ0n) is 11.1. The van der Waals surface area contributed by atoms with Gasteiger partial charge >= 0.3 is 0 Å². The molecule has 0 spiro atoms. The molecule has 0 aliphatic heterocycles. The Balaban J connectivity index is 1.95. The van der Waals surface area contributed by atoms with Gasteiger partial charge in [-0.05, 0) is 24.1 Å². The molecule has 0 radical (unpaired) electrons. The first kappa shape index (κ1) is 13.7. The van der Waals surface area contributed by atoms with Crippen LogP contribution in [0.2, 0.25) is 0 Å². The highest BCUT2D eigenvalue weighted by atomic mass is 19.1. The minimum absolute atomic E-state index is 0.298. The fourth-order valence-corrected chi connectivity index (χ4v) is 2.43. The summed E-state index contributed by atoms with van der Waals surface area (Å²) in [7, 11) is 0. The van der Waals surface area contributed by atoms with Gasteiger partial charge in [0.1, 0.15) is 17.2 Å². The van der Waals surface area contributed by atoms with Crippen molar-refractivity contribution in [1.29, 1.82) is 0 Å². The lowest BCUT2D eigenvalue weighted by molar-refractivity contribution is 0.514. The molecule has 3 nitrogen and oxygen atoms in total. The number of benzene rings is 2. The zero-order valence-corrected chi connectivity index (χ0v) is 11.1. The number of hydrogen-bond acceptors (Lipinski definition) is 3. The van der Waals surface area contributed by atoms with E-state index >= 15 is 0 Å². The number of halogens is 2. The number of furan rings is 1. The summed E-state index contributed by atoms with van der Waals surface area (Å²) in [6.45, 7) is 0. The van der Waals surface area contributed by atoms with Crippen molar-refractivity contribution in [2.75, 3.05) is 0 Å². The van der Waals surface area contributed by atoms with Gasteiger partial charge in [0.15, 0.2) is 0 Å². The fourth-order valence-electron chi connectivity index (χ4n) is 2.43. The Morgan fingerprint density at radius 3 is 2.71 bits per heavy atom. The largest absolute Gasteiger partial charge is 0.464 e. The molecular formula is C16H14F2N2O. The van der Waals surface area contributed by atoms with Gasteiger partial charge in [0.2, 0.25) is 0 Å². The normalized spacial score (nSPS) is 12.7. The molecule has 3 rings (SSSR count). The highest BCUT2D eigenvalue weighted by molar-refractivity contribution is 5.81. The molecule has 108 valence electrons. The number of para-hydroxylation sites is 1. The van der Waals surface area contributed by atoms with E-state index in [4.69, 9.17) is 10.3 Å². The Morgan fingerprint density at radius 1 is 1.14 bits per heavy atom. The summed E-state index contributed by atoms with van der Waals surface area (Å²) >= 11 is 0. The molecule has 5 heteroatoms. The molecule has 0 aliphatic rings. The van der Waals surface area contributed by atoms with E-state index in [2.05, 4.69) is 5.43 Å². The number of hydrazine groups is 1. The Labute approximate surface area is 120 Å². The first-order valence-corrected chi connectivity index (χ1v) is 6.55. The molecule has 0 saturated heterocycles. The number of fused-ring (bicyclic) bond motifs is 1. The molecule has 1 aromatic heterocycles. The molecule has 0 fully saturated rings. The Morgan fingerprint density at radius 2 is 1.95 bits per heavy atom. The van der Waals surface area contributed by atoms with Gasteiger partial charge in [-0.25, -0.2) is 8.78 Å². The second kappa shape index (κ2) is 5.63. The minimum atomic E-state index is -0.595. The third-order valence-corrected chi connectivity index (χ3v) is 3.53. The van der Waals surface area contributed by atoms with E-state index < -0.39 is 11.6 Å². The zero-order chi connectivity index (χ0) is 14.8. The van der Waals surface area contributed by atoms with Gasteiger partial charge in [0.25, 0.3) is 0 Å². The highest BCUT2D eigenvalue weighted by Gasteiger charge is 2.18. The molecule has 0 saturated carbocycles. The van der Waals surface area contributed by atoms with E-state index in [9.17, 15) is 8.78 Å². The van der Waals surface area contributed by atoms with E-state index in [-0.39, 0.29) is 6.04 Å². The van der Waals surface area contributed by atoms with E-state index in [1.165, 1.54) is 12.1 Å². The van der Waals surface area contributed by atoms with Crippen LogP contribution in [0.5, 0.6) is 0 Å². The maximum Gasteiger partial charge on any atom is 0.134 e. The van der Waals surface area contributed by atoms with Crippen molar-refractivity contribution < 1.29 is 13.2 Å². The molecule has 1 unspecified atom stereocenters. The Bertz CT molecular complexity index is 770. The van der Waals surface area contributed by atoms with Crippen LogP contribution in [0.25, 0.3) is 11.0 Å². The van der Waals surface area contributed by atoms with Crippen molar-refractivity contribution in [2.24, 2.45) is 5.84 Å². The van der Waals surface area contributed by atoms with Crippen molar-refractivity contribution in [2.45, 2.75) is 12.5 Å². The number of nitrogens with one attached hydrogen (secondary N) is 1. The molecule has 0 bridgehead atoms. The van der Waals surface area contributed by atoms with Gasteiger partial charge < -0.3 is 4.42 Å². The standard InChI is InChI=1S/C16H14F2N2O/c17-11-6-5-10(14(18)8-11)7-15(20-19)13-9-21-16-4-2-1-3-12(13)16/h1-6,8-9,15,20H,7,19H2. The van der Waals surface area contributed by atoms with Gasteiger partial charge in [0, 0.05) is 17.0 Å². The smallest absolute Gasteiger partial charge is 0.134 e. The van der Waals surface area contributed by atoms with E-state index in [0.717, 1.165) is 22.6 Å². The van der Waals surface area contributed by atoms with Crippen LogP contribution in [0.4, 0.5) is 8.78 Å². The van der Waals surface area contributed by atoms with Crippen LogP contribution in [0.3, 0.4) is 0 Å². The second-order valence-corrected chi connectivity index (χ2v) is 4.85. The number of hydrogen-bond donors (Lipinski definition) is 2. The molecule has 1 atom stereocenters. The van der Waals surface area contributed by atoms with Crippen molar-refractivity contribution in [1.82, 2.24) is 5.43 Å². The van der Waals surface area contributed by atoms with E-state index in [1.807, 2.05) is 24.3 Å². The topological polar surface area (TPSA) is 51.2 Å². The second-order valence-electron chi connectivity index (χ2n) is 4.85. The summed E-state index contributed by atoms with van der Waals surface area (Å²) in [5.74, 6) is 4.42. The lowest BCUT2D eigenvalue weighted by Crippen LogP contribution is -2.29. The highest BCUT2D eigenvalue weighted by Crippen LogP contribution is 2.28. The Kier molecular flexibility index (Phi) is 3.68. The van der Waals surface area contributed by atoms with Gasteiger partial charge in [-0.3, -0.25) is 11.3 Å². The van der Waals surface area contributed by atoms with Gasteiger partial charge in [-0.1, -0.05) is 24.3 Å². The summed E-state index contributed by atoms with van der Waals surface area (Å²) in [5, 5.41) is 0.919. The predicted molar refractivity (Wildman–Crippen MR) is 76.3 cm³/mol. The predicted octanol–water partition coefficient (Wildman–Crippen LogP) is 3.46. The SMILES string of the molecule is NNC(Cc1ccc(F)cc1F)c1coc2ccccc12. The summed E-state index contributed by atoms with van der Waals surface area (Å²) in [4.78, 5) is 0. The molecule has 0 aliphatic carbocycles. The summed E-state index contributed by atoms with van der Waals surface area (Å²) in [6.07, 6.45) is 1.91. The molecule has 3 N–H and O–H groups in total. The third kappa shape index (κ3) is 2.66. The summed E-state index contributed by atoms with van der Waals surface area (Å²) in [5.41, 5.74) is 4.65. The van der Waals surface area contributed by atoms with Crippen LogP contribution in [0.1, 0.15) is 17.2 Å². The monoisotopic (exact) mass is 288 g/mol. The quantitative estimate of drug-likeness (QED) is 0.571. The van der Waals surface area contributed by atoms with Crippen LogP contribution in [0.15, 0.2) is 53.1 Å². The minimum Gasteiger partial charge on any atom is -0.464 e. The van der Waals surface area contributed by atoms with Crippen molar-refractivity contribution >= 4 is 11.0 Å². The first-order chi connectivity index (χ1) is 10.2. The van der Waals surface area contributed by atoms with Gasteiger partial charge in [-0.15, -0.1) is 0 Å². The van der Waals surface area contributed by atoms with Crippen LogP contribution in [0, 0.1) is 11.6 Å². The van der Waals surface area contributed by atoms with Crippen LogP contribution in [-0.4, -0.2) is 0 Å². The average Bonchev–Trinajstić information content (AvgIpc) is 2.91. The maximum absolute atomic E-state index is 13.8. The summed E-state index contributed by atoms with van der Waals surface area (Å²) < 4.78 is 32.2. The van der Waals surface area contributed by atoms with Crippen molar-refractivity contribution in [3.05, 3.63) is 71.5 Å². The molecule has 1 heterocycles.